The highest BCUT2D eigenvalue weighted by atomic mass is 32.2. The second-order valence-corrected chi connectivity index (χ2v) is 4.57. The van der Waals surface area contributed by atoms with Crippen LogP contribution in [-0.2, 0) is 20.7 Å². The molecule has 0 spiro atoms. The maximum absolute atomic E-state index is 11.2. The van der Waals surface area contributed by atoms with Gasteiger partial charge in [-0.25, -0.2) is 5.84 Å². The van der Waals surface area contributed by atoms with Gasteiger partial charge >= 0.3 is 0 Å². The van der Waals surface area contributed by atoms with Gasteiger partial charge < -0.3 is 4.55 Å². The Bertz CT molecular complexity index is 538. The minimum atomic E-state index is -2.33. The van der Waals surface area contributed by atoms with E-state index >= 15 is 0 Å². The molecule has 102 valence electrons. The first-order valence-electron chi connectivity index (χ1n) is 5.17. The van der Waals surface area contributed by atoms with Crippen molar-refractivity contribution in [1.82, 2.24) is 0 Å². The van der Waals surface area contributed by atoms with Crippen LogP contribution in [0.5, 0.6) is 0 Å². The molecule has 0 amide bonds. The van der Waals surface area contributed by atoms with Gasteiger partial charge in [-0.1, -0.05) is 0 Å². The van der Waals surface area contributed by atoms with E-state index in [0.717, 1.165) is 5.12 Å². The zero-order valence-electron chi connectivity index (χ0n) is 10.3. The Labute approximate surface area is 112 Å². The molecular formula is C11H12N3O4S-. The summed E-state index contributed by atoms with van der Waals surface area (Å²) in [5.74, 6) is 4.59. The fourth-order valence-corrected chi connectivity index (χ4v) is 1.62. The highest BCUT2D eigenvalue weighted by Gasteiger charge is 2.13. The van der Waals surface area contributed by atoms with Gasteiger partial charge in [0.2, 0.25) is 0 Å². The highest BCUT2D eigenvalue weighted by Crippen LogP contribution is 2.14. The summed E-state index contributed by atoms with van der Waals surface area (Å²) in [7, 11) is 0. The van der Waals surface area contributed by atoms with Crippen molar-refractivity contribution in [3.8, 4) is 0 Å². The smallest absolute Gasteiger partial charge is 0.183 e. The largest absolute Gasteiger partial charge is 0.768 e. The Morgan fingerprint density at radius 2 is 1.68 bits per heavy atom. The van der Waals surface area contributed by atoms with E-state index in [0.29, 0.717) is 5.69 Å². The van der Waals surface area contributed by atoms with Crippen LogP contribution in [0.3, 0.4) is 0 Å². The van der Waals surface area contributed by atoms with Crippen LogP contribution in [0, 0.1) is 0 Å². The molecule has 0 fully saturated rings. The Morgan fingerprint density at radius 3 is 2.05 bits per heavy atom. The summed E-state index contributed by atoms with van der Waals surface area (Å²) < 4.78 is 21.4. The number of nitrogens with zero attached hydrogens (tertiary/aromatic N) is 2. The van der Waals surface area contributed by atoms with Gasteiger partial charge in [0.05, 0.1) is 5.69 Å². The lowest BCUT2D eigenvalue weighted by molar-refractivity contribution is -0.114. The minimum absolute atomic E-state index is 0.0967. The van der Waals surface area contributed by atoms with Crippen LogP contribution in [-0.4, -0.2) is 26.0 Å². The Morgan fingerprint density at radius 1 is 1.21 bits per heavy atom. The summed E-state index contributed by atoms with van der Waals surface area (Å²) in [6, 6.07) is 5.48. The van der Waals surface area contributed by atoms with Crippen molar-refractivity contribution in [2.24, 2.45) is 10.9 Å². The topological polar surface area (TPSA) is 116 Å². The first-order valence-corrected chi connectivity index (χ1v) is 6.25. The molecule has 8 heteroatoms. The molecular weight excluding hydrogens is 270 g/mol. The lowest BCUT2D eigenvalue weighted by Gasteiger charge is -2.14. The van der Waals surface area contributed by atoms with E-state index in [-0.39, 0.29) is 10.6 Å². The van der Waals surface area contributed by atoms with Gasteiger partial charge in [0.15, 0.2) is 17.3 Å². The van der Waals surface area contributed by atoms with Gasteiger partial charge in [0, 0.05) is 18.7 Å². The molecule has 0 aromatic heterocycles. The van der Waals surface area contributed by atoms with Crippen LogP contribution >= 0.6 is 0 Å². The molecule has 19 heavy (non-hydrogen) atoms. The average Bonchev–Trinajstić information content (AvgIpc) is 2.34. The fourth-order valence-electron chi connectivity index (χ4n) is 1.26. The number of carbonyl (C=O) groups excluding carboxylic acids is 2. The van der Waals surface area contributed by atoms with Gasteiger partial charge in [-0.3, -0.25) is 13.8 Å². The van der Waals surface area contributed by atoms with Crippen molar-refractivity contribution in [3.05, 3.63) is 24.3 Å². The third kappa shape index (κ3) is 4.05. The Hall–Kier alpha value is -1.90. The van der Waals surface area contributed by atoms with Gasteiger partial charge in [0.25, 0.3) is 0 Å². The third-order valence-corrected chi connectivity index (χ3v) is 2.83. The summed E-state index contributed by atoms with van der Waals surface area (Å²) in [6.07, 6.45) is 0. The van der Waals surface area contributed by atoms with Crippen molar-refractivity contribution in [3.63, 3.8) is 0 Å². The van der Waals surface area contributed by atoms with E-state index in [1.165, 1.54) is 38.1 Å². The van der Waals surface area contributed by atoms with Crippen molar-refractivity contribution in [1.29, 1.82) is 0 Å². The monoisotopic (exact) mass is 282 g/mol. The molecule has 1 aromatic carbocycles. The molecule has 0 aliphatic carbocycles. The number of ketones is 2. The van der Waals surface area contributed by atoms with E-state index < -0.39 is 22.6 Å². The fraction of sp³-hybridized carbons (Fsp3) is 0.182. The van der Waals surface area contributed by atoms with Crippen LogP contribution in [0.4, 0.5) is 5.69 Å². The van der Waals surface area contributed by atoms with Gasteiger partial charge in [-0.15, -0.1) is 5.10 Å². The first-order chi connectivity index (χ1) is 8.82. The second-order valence-electron chi connectivity index (χ2n) is 3.63. The molecule has 1 unspecified atom stereocenters. The normalized spacial score (nSPS) is 11.6. The maximum atomic E-state index is 11.2. The molecule has 0 saturated carbocycles. The number of rotatable bonds is 5. The molecule has 7 nitrogen and oxygen atoms in total. The first kappa shape index (κ1) is 15.2. The average molecular weight is 282 g/mol. The number of nitrogens with two attached hydrogens (primary N) is 1. The lowest BCUT2D eigenvalue weighted by atomic mass is 10.2. The van der Waals surface area contributed by atoms with Gasteiger partial charge in [-0.2, -0.15) is 5.12 Å². The second kappa shape index (κ2) is 6.32. The standard InChI is InChI=1S/C11H13N3O4S/c1-7(15)11(8(2)16)13-14(12)9-3-5-10(6-4-9)19(17)18/h3-6H,12H2,1-2H3,(H,17,18)/p-1. The van der Waals surface area contributed by atoms with Crippen molar-refractivity contribution < 1.29 is 18.4 Å². The number of hydrogen-bond acceptors (Lipinski definition) is 7. The maximum Gasteiger partial charge on any atom is 0.183 e. The summed E-state index contributed by atoms with van der Waals surface area (Å²) in [5.41, 5.74) is 0.0631. The number of hydrogen-bond donors (Lipinski definition) is 1. The molecule has 0 aliphatic heterocycles. The molecule has 0 aliphatic rings. The molecule has 0 bridgehead atoms. The van der Waals surface area contributed by atoms with E-state index in [4.69, 9.17) is 5.84 Å². The van der Waals surface area contributed by atoms with Crippen molar-refractivity contribution in [2.75, 3.05) is 5.12 Å². The number of anilines is 1. The Kier molecular flexibility index (Phi) is 5.04. The van der Waals surface area contributed by atoms with E-state index in [9.17, 15) is 18.4 Å². The number of Topliss-reactive ketones (excluding diaryl/α,β-unsaturated/α-hetero) is 2. The van der Waals surface area contributed by atoms with E-state index in [1.807, 2.05) is 0 Å². The van der Waals surface area contributed by atoms with Gasteiger partial charge in [-0.05, 0) is 35.3 Å². The summed E-state index contributed by atoms with van der Waals surface area (Å²) in [4.78, 5) is 22.5. The summed E-state index contributed by atoms with van der Waals surface area (Å²) in [5, 5.41) is 4.54. The molecule has 0 saturated heterocycles. The summed E-state index contributed by atoms with van der Waals surface area (Å²) >= 11 is -2.33. The van der Waals surface area contributed by atoms with Gasteiger partial charge in [0.1, 0.15) is 0 Å². The Balaban J connectivity index is 3.03. The van der Waals surface area contributed by atoms with Crippen LogP contribution in [0.1, 0.15) is 13.8 Å². The summed E-state index contributed by atoms with van der Waals surface area (Å²) in [6.45, 7) is 2.41. The van der Waals surface area contributed by atoms with Crippen LogP contribution in [0.15, 0.2) is 34.3 Å². The number of benzene rings is 1. The number of carbonyl (C=O) groups is 2. The molecule has 1 rings (SSSR count). The van der Waals surface area contributed by atoms with Crippen LogP contribution in [0.2, 0.25) is 0 Å². The number of hydrazone groups is 1. The zero-order valence-corrected chi connectivity index (χ0v) is 11.1. The number of hydrazine groups is 1. The van der Waals surface area contributed by atoms with E-state index in [2.05, 4.69) is 5.10 Å². The SMILES string of the molecule is CC(=O)C(=NN(N)c1ccc(S(=O)[O-])cc1)C(C)=O. The highest BCUT2D eigenvalue weighted by molar-refractivity contribution is 7.79. The molecule has 1 atom stereocenters. The molecule has 2 N–H and O–H groups in total. The quantitative estimate of drug-likeness (QED) is 0.270. The minimum Gasteiger partial charge on any atom is -0.768 e. The van der Waals surface area contributed by atoms with Crippen molar-refractivity contribution in [2.45, 2.75) is 18.7 Å². The molecule has 0 radical (unpaired) electrons. The van der Waals surface area contributed by atoms with E-state index in [1.54, 1.807) is 0 Å². The van der Waals surface area contributed by atoms with Crippen LogP contribution < -0.4 is 11.0 Å². The lowest BCUT2D eigenvalue weighted by Crippen LogP contribution is -2.30. The molecule has 1 aromatic rings. The van der Waals surface area contributed by atoms with Crippen molar-refractivity contribution >= 4 is 34.0 Å². The molecule has 0 heterocycles. The predicted molar refractivity (Wildman–Crippen MR) is 69.1 cm³/mol. The van der Waals surface area contributed by atoms with Crippen LogP contribution in [0.25, 0.3) is 0 Å². The predicted octanol–water partition coefficient (Wildman–Crippen LogP) is 0.139. The zero-order chi connectivity index (χ0) is 14.6. The third-order valence-electron chi connectivity index (χ3n) is 2.17.